The third kappa shape index (κ3) is 3.47. The van der Waals surface area contributed by atoms with Gasteiger partial charge in [0.2, 0.25) is 0 Å². The van der Waals surface area contributed by atoms with Crippen molar-refractivity contribution in [3.8, 4) is 0 Å². The van der Waals surface area contributed by atoms with Crippen LogP contribution in [-0.4, -0.2) is 29.7 Å². The zero-order valence-electron chi connectivity index (χ0n) is 12.7. The summed E-state index contributed by atoms with van der Waals surface area (Å²) in [7, 11) is 0. The number of benzene rings is 1. The van der Waals surface area contributed by atoms with Gasteiger partial charge in [-0.15, -0.1) is 0 Å². The fourth-order valence-electron chi connectivity index (χ4n) is 2.96. The lowest BCUT2D eigenvalue weighted by Crippen LogP contribution is -2.40. The third-order valence-electron chi connectivity index (χ3n) is 4.25. The van der Waals surface area contributed by atoms with Crippen molar-refractivity contribution < 1.29 is 4.74 Å². The van der Waals surface area contributed by atoms with Crippen LogP contribution in [0, 0.1) is 6.92 Å². The molecule has 0 amide bonds. The maximum Gasteiger partial charge on any atom is 0.144 e. The minimum absolute atomic E-state index is 0.0768. The highest BCUT2D eigenvalue weighted by Gasteiger charge is 2.34. The van der Waals surface area contributed by atoms with E-state index in [1.54, 1.807) is 12.4 Å². The fraction of sp³-hybridized carbons (Fsp3) is 0.412. The molecule has 2 heterocycles. The molecule has 0 saturated carbocycles. The molecule has 0 aliphatic carbocycles. The molecule has 1 fully saturated rings. The molecule has 1 saturated heterocycles. The first-order valence-electron chi connectivity index (χ1n) is 7.54. The molecule has 1 N–H and O–H groups in total. The van der Waals surface area contributed by atoms with Crippen molar-refractivity contribution in [2.45, 2.75) is 25.2 Å². The number of ether oxygens (including phenoxy) is 1. The van der Waals surface area contributed by atoms with Crippen molar-refractivity contribution in [2.75, 3.05) is 25.1 Å². The Bertz CT molecular complexity index is 641. The van der Waals surface area contributed by atoms with Crippen molar-refractivity contribution in [1.29, 1.82) is 0 Å². The number of hydrogen-bond donors (Lipinski definition) is 1. The lowest BCUT2D eigenvalue weighted by Gasteiger charge is -2.38. The third-order valence-corrected chi connectivity index (χ3v) is 4.74. The predicted molar refractivity (Wildman–Crippen MR) is 91.1 cm³/mol. The van der Waals surface area contributed by atoms with Crippen LogP contribution in [0.25, 0.3) is 0 Å². The second-order valence-electron chi connectivity index (χ2n) is 5.80. The summed E-state index contributed by atoms with van der Waals surface area (Å²) in [5.41, 5.74) is 2.35. The molecular formula is C17H20BrN3O. The summed E-state index contributed by atoms with van der Waals surface area (Å²) in [5, 5.41) is 3.47. The summed E-state index contributed by atoms with van der Waals surface area (Å²) >= 11 is 3.58. The molecule has 1 aromatic heterocycles. The van der Waals surface area contributed by atoms with Crippen molar-refractivity contribution >= 4 is 21.7 Å². The Morgan fingerprint density at radius 2 is 2.09 bits per heavy atom. The van der Waals surface area contributed by atoms with Crippen LogP contribution in [0.5, 0.6) is 0 Å². The largest absolute Gasteiger partial charge is 0.381 e. The number of aromatic nitrogens is 2. The van der Waals surface area contributed by atoms with Gasteiger partial charge in [-0.25, -0.2) is 4.98 Å². The van der Waals surface area contributed by atoms with Gasteiger partial charge in [0.25, 0.3) is 0 Å². The second kappa shape index (κ2) is 6.75. The molecule has 0 radical (unpaired) electrons. The van der Waals surface area contributed by atoms with Crippen LogP contribution in [0.3, 0.4) is 0 Å². The molecule has 1 aliphatic rings. The van der Waals surface area contributed by atoms with Gasteiger partial charge in [0, 0.05) is 35.8 Å². The normalized spacial score (nSPS) is 17.2. The Balaban J connectivity index is 1.83. The SMILES string of the molecule is Cc1cncc(NCC2(c3cccc(Br)c3)CCOCC2)n1. The van der Waals surface area contributed by atoms with E-state index in [4.69, 9.17) is 4.74 Å². The topological polar surface area (TPSA) is 47.0 Å². The van der Waals surface area contributed by atoms with Gasteiger partial charge in [-0.2, -0.15) is 0 Å². The van der Waals surface area contributed by atoms with Gasteiger partial charge in [-0.05, 0) is 37.5 Å². The number of nitrogens with one attached hydrogen (secondary N) is 1. The summed E-state index contributed by atoms with van der Waals surface area (Å²) < 4.78 is 6.70. The highest BCUT2D eigenvalue weighted by molar-refractivity contribution is 9.10. The van der Waals surface area contributed by atoms with Gasteiger partial charge in [-0.1, -0.05) is 28.1 Å². The van der Waals surface area contributed by atoms with E-state index in [0.717, 1.165) is 48.6 Å². The van der Waals surface area contributed by atoms with Crippen molar-refractivity contribution in [2.24, 2.45) is 0 Å². The average molecular weight is 362 g/mol. The van der Waals surface area contributed by atoms with E-state index in [2.05, 4.69) is 55.5 Å². The molecule has 1 aliphatic heterocycles. The number of aryl methyl sites for hydroxylation is 1. The summed E-state index contributed by atoms with van der Waals surface area (Å²) in [4.78, 5) is 8.69. The molecule has 5 heteroatoms. The summed E-state index contributed by atoms with van der Waals surface area (Å²) in [6, 6.07) is 8.59. The number of nitrogens with zero attached hydrogens (tertiary/aromatic N) is 2. The maximum atomic E-state index is 5.58. The molecule has 0 atom stereocenters. The van der Waals surface area contributed by atoms with E-state index in [9.17, 15) is 0 Å². The minimum Gasteiger partial charge on any atom is -0.381 e. The van der Waals surface area contributed by atoms with Crippen LogP contribution in [0.4, 0.5) is 5.82 Å². The van der Waals surface area contributed by atoms with E-state index in [-0.39, 0.29) is 5.41 Å². The van der Waals surface area contributed by atoms with Gasteiger partial charge in [0.05, 0.1) is 11.9 Å². The Hall–Kier alpha value is -1.46. The monoisotopic (exact) mass is 361 g/mol. The Labute approximate surface area is 139 Å². The van der Waals surface area contributed by atoms with E-state index in [1.807, 2.05) is 6.92 Å². The number of hydrogen-bond acceptors (Lipinski definition) is 4. The number of halogens is 1. The molecule has 0 bridgehead atoms. The van der Waals surface area contributed by atoms with Crippen molar-refractivity contribution in [1.82, 2.24) is 9.97 Å². The van der Waals surface area contributed by atoms with Crippen LogP contribution >= 0.6 is 15.9 Å². The summed E-state index contributed by atoms with van der Waals surface area (Å²) in [6.07, 6.45) is 5.57. The van der Waals surface area contributed by atoms with Crippen LogP contribution < -0.4 is 5.32 Å². The van der Waals surface area contributed by atoms with E-state index < -0.39 is 0 Å². The van der Waals surface area contributed by atoms with Crippen molar-refractivity contribution in [3.63, 3.8) is 0 Å². The van der Waals surface area contributed by atoms with E-state index >= 15 is 0 Å². The standard InChI is InChI=1S/C17H20BrN3O/c1-13-10-19-11-16(21-13)20-12-17(5-7-22-8-6-17)14-3-2-4-15(18)9-14/h2-4,9-11H,5-8,12H2,1H3,(H,20,21). The van der Waals surface area contributed by atoms with E-state index in [0.29, 0.717) is 0 Å². The first kappa shape index (κ1) is 15.4. The van der Waals surface area contributed by atoms with Crippen LogP contribution in [0.15, 0.2) is 41.1 Å². The van der Waals surface area contributed by atoms with Gasteiger partial charge >= 0.3 is 0 Å². The maximum absolute atomic E-state index is 5.58. The quantitative estimate of drug-likeness (QED) is 0.901. The Morgan fingerprint density at radius 1 is 1.27 bits per heavy atom. The average Bonchev–Trinajstić information content (AvgIpc) is 2.54. The van der Waals surface area contributed by atoms with Crippen LogP contribution in [0.1, 0.15) is 24.1 Å². The Morgan fingerprint density at radius 3 is 2.82 bits per heavy atom. The fourth-order valence-corrected chi connectivity index (χ4v) is 3.36. The molecule has 0 unspecified atom stereocenters. The van der Waals surface area contributed by atoms with E-state index in [1.165, 1.54) is 5.56 Å². The molecular weight excluding hydrogens is 342 g/mol. The second-order valence-corrected chi connectivity index (χ2v) is 6.72. The molecule has 1 aromatic carbocycles. The zero-order chi connectivity index (χ0) is 15.4. The zero-order valence-corrected chi connectivity index (χ0v) is 14.3. The molecule has 3 rings (SSSR count). The summed E-state index contributed by atoms with van der Waals surface area (Å²) in [5.74, 6) is 0.834. The first-order valence-corrected chi connectivity index (χ1v) is 8.34. The minimum atomic E-state index is 0.0768. The lowest BCUT2D eigenvalue weighted by atomic mass is 9.74. The molecule has 22 heavy (non-hydrogen) atoms. The smallest absolute Gasteiger partial charge is 0.144 e. The van der Waals surface area contributed by atoms with Crippen LogP contribution in [0.2, 0.25) is 0 Å². The van der Waals surface area contributed by atoms with Crippen molar-refractivity contribution in [3.05, 3.63) is 52.4 Å². The Kier molecular flexibility index (Phi) is 4.74. The molecule has 2 aromatic rings. The summed E-state index contributed by atoms with van der Waals surface area (Å²) in [6.45, 7) is 4.39. The molecule has 116 valence electrons. The highest BCUT2D eigenvalue weighted by atomic mass is 79.9. The first-order chi connectivity index (χ1) is 10.7. The van der Waals surface area contributed by atoms with Gasteiger partial charge < -0.3 is 10.1 Å². The van der Waals surface area contributed by atoms with Gasteiger partial charge in [-0.3, -0.25) is 4.98 Å². The number of rotatable bonds is 4. The molecule has 0 spiro atoms. The lowest BCUT2D eigenvalue weighted by molar-refractivity contribution is 0.0543. The van der Waals surface area contributed by atoms with Gasteiger partial charge in [0.1, 0.15) is 5.82 Å². The highest BCUT2D eigenvalue weighted by Crippen LogP contribution is 2.36. The van der Waals surface area contributed by atoms with Gasteiger partial charge in [0.15, 0.2) is 0 Å². The number of anilines is 1. The molecule has 4 nitrogen and oxygen atoms in total. The van der Waals surface area contributed by atoms with Crippen LogP contribution in [-0.2, 0) is 10.2 Å². The predicted octanol–water partition coefficient (Wildman–Crippen LogP) is 3.71.